The van der Waals surface area contributed by atoms with Crippen LogP contribution >= 0.6 is 22.6 Å². The Labute approximate surface area is 101 Å². The van der Waals surface area contributed by atoms with E-state index in [1.54, 1.807) is 0 Å². The summed E-state index contributed by atoms with van der Waals surface area (Å²) < 4.78 is 1.21. The molecule has 0 aromatic heterocycles. The van der Waals surface area contributed by atoms with Crippen LogP contribution < -0.4 is 0 Å². The van der Waals surface area contributed by atoms with Crippen molar-refractivity contribution in [2.45, 2.75) is 31.8 Å². The topological polar surface area (TPSA) is 20.2 Å². The number of aliphatic hydroxyl groups is 1. The fourth-order valence-corrected chi connectivity index (χ4v) is 2.60. The Morgan fingerprint density at radius 1 is 1.14 bits per heavy atom. The standard InChI is InChI=1S/C11H17IOSi/c1-11(13,14(2,3)4)9-5-7-10(12)8-6-9/h5-8,13H,1-4H3. The van der Waals surface area contributed by atoms with Crippen LogP contribution in [0.3, 0.4) is 0 Å². The van der Waals surface area contributed by atoms with Crippen LogP contribution in [0.4, 0.5) is 0 Å². The molecule has 1 unspecified atom stereocenters. The predicted molar refractivity (Wildman–Crippen MR) is 72.1 cm³/mol. The average molecular weight is 320 g/mol. The van der Waals surface area contributed by atoms with E-state index in [-0.39, 0.29) is 0 Å². The van der Waals surface area contributed by atoms with Gasteiger partial charge in [-0.25, -0.2) is 0 Å². The largest absolute Gasteiger partial charge is 0.389 e. The van der Waals surface area contributed by atoms with Crippen molar-refractivity contribution in [3.8, 4) is 0 Å². The molecule has 0 heterocycles. The van der Waals surface area contributed by atoms with Crippen LogP contribution in [0.2, 0.25) is 19.6 Å². The first-order chi connectivity index (χ1) is 6.25. The van der Waals surface area contributed by atoms with E-state index < -0.39 is 13.3 Å². The summed E-state index contributed by atoms with van der Waals surface area (Å²) in [4.78, 5) is 0. The van der Waals surface area contributed by atoms with Gasteiger partial charge in [0.05, 0.1) is 13.3 Å². The van der Waals surface area contributed by atoms with Gasteiger partial charge in [-0.1, -0.05) is 31.8 Å². The van der Waals surface area contributed by atoms with Gasteiger partial charge in [0.2, 0.25) is 0 Å². The van der Waals surface area contributed by atoms with E-state index in [0.717, 1.165) is 5.56 Å². The highest BCUT2D eigenvalue weighted by Crippen LogP contribution is 2.31. The fraction of sp³-hybridized carbons (Fsp3) is 0.455. The van der Waals surface area contributed by atoms with E-state index >= 15 is 0 Å². The van der Waals surface area contributed by atoms with Crippen molar-refractivity contribution in [2.75, 3.05) is 0 Å². The Morgan fingerprint density at radius 3 is 1.93 bits per heavy atom. The summed E-state index contributed by atoms with van der Waals surface area (Å²) in [6.45, 7) is 8.49. The second kappa shape index (κ2) is 3.94. The van der Waals surface area contributed by atoms with Gasteiger partial charge in [0.15, 0.2) is 0 Å². The Hall–Kier alpha value is 0.127. The van der Waals surface area contributed by atoms with E-state index in [9.17, 15) is 5.11 Å². The molecule has 3 heteroatoms. The monoisotopic (exact) mass is 320 g/mol. The third-order valence-electron chi connectivity index (χ3n) is 2.87. The molecule has 0 spiro atoms. The third-order valence-corrected chi connectivity index (χ3v) is 6.80. The third kappa shape index (κ3) is 2.38. The molecule has 1 N–H and O–H groups in total. The first-order valence-corrected chi connectivity index (χ1v) is 9.31. The van der Waals surface area contributed by atoms with Crippen LogP contribution in [0.25, 0.3) is 0 Å². The molecule has 1 nitrogen and oxygen atoms in total. The molecule has 0 saturated carbocycles. The van der Waals surface area contributed by atoms with Gasteiger partial charge in [-0.05, 0) is 47.2 Å². The van der Waals surface area contributed by atoms with E-state index in [1.807, 2.05) is 31.2 Å². The Morgan fingerprint density at radius 2 is 1.57 bits per heavy atom. The lowest BCUT2D eigenvalue weighted by Crippen LogP contribution is -2.47. The van der Waals surface area contributed by atoms with E-state index in [1.165, 1.54) is 3.57 Å². The molecule has 1 aromatic rings. The lowest BCUT2D eigenvalue weighted by atomic mass is 10.1. The van der Waals surface area contributed by atoms with Gasteiger partial charge in [0, 0.05) is 3.57 Å². The Balaban J connectivity index is 3.10. The van der Waals surface area contributed by atoms with Gasteiger partial charge in [-0.2, -0.15) is 0 Å². The van der Waals surface area contributed by atoms with Crippen molar-refractivity contribution < 1.29 is 5.11 Å². The molecule has 0 amide bonds. The molecule has 0 aliphatic heterocycles. The maximum Gasteiger partial charge on any atom is 0.0874 e. The fourth-order valence-electron chi connectivity index (χ4n) is 1.21. The minimum absolute atomic E-state index is 0.642. The van der Waals surface area contributed by atoms with Crippen molar-refractivity contribution in [1.82, 2.24) is 0 Å². The smallest absolute Gasteiger partial charge is 0.0874 e. The molecule has 1 rings (SSSR count). The highest BCUT2D eigenvalue weighted by Gasteiger charge is 2.38. The average Bonchev–Trinajstić information content (AvgIpc) is 2.03. The SMILES string of the molecule is CC(O)(c1ccc(I)cc1)[Si](C)(C)C. The highest BCUT2D eigenvalue weighted by molar-refractivity contribution is 14.1. The molecule has 0 fully saturated rings. The van der Waals surface area contributed by atoms with Gasteiger partial charge >= 0.3 is 0 Å². The molecule has 0 bridgehead atoms. The molecule has 1 atom stereocenters. The second-order valence-electron chi connectivity index (χ2n) is 4.83. The van der Waals surface area contributed by atoms with Crippen molar-refractivity contribution >= 4 is 30.7 Å². The first kappa shape index (κ1) is 12.2. The number of hydrogen-bond acceptors (Lipinski definition) is 1. The maximum atomic E-state index is 10.5. The van der Waals surface area contributed by atoms with Gasteiger partial charge in [-0.15, -0.1) is 0 Å². The lowest BCUT2D eigenvalue weighted by Gasteiger charge is -2.36. The molecular formula is C11H17IOSi. The summed E-state index contributed by atoms with van der Waals surface area (Å²) in [5.41, 5.74) is 1.04. The molecule has 14 heavy (non-hydrogen) atoms. The summed E-state index contributed by atoms with van der Waals surface area (Å²) >= 11 is 2.28. The summed E-state index contributed by atoms with van der Waals surface area (Å²) in [5.74, 6) is 0. The van der Waals surface area contributed by atoms with Crippen LogP contribution in [0, 0.1) is 3.57 Å². The molecule has 1 aromatic carbocycles. The normalized spacial score (nSPS) is 16.4. The maximum absolute atomic E-state index is 10.5. The quantitative estimate of drug-likeness (QED) is 0.654. The molecule has 0 aliphatic carbocycles. The van der Waals surface area contributed by atoms with Gasteiger partial charge in [0.25, 0.3) is 0 Å². The number of hydrogen-bond donors (Lipinski definition) is 1. The summed E-state index contributed by atoms with van der Waals surface area (Å²) in [6, 6.07) is 8.15. The van der Waals surface area contributed by atoms with Crippen LogP contribution in [0.5, 0.6) is 0 Å². The molecular weight excluding hydrogens is 303 g/mol. The van der Waals surface area contributed by atoms with E-state index in [2.05, 4.69) is 42.2 Å². The first-order valence-electron chi connectivity index (χ1n) is 4.73. The van der Waals surface area contributed by atoms with Crippen LogP contribution in [-0.2, 0) is 5.22 Å². The van der Waals surface area contributed by atoms with Crippen LogP contribution in [0.15, 0.2) is 24.3 Å². The lowest BCUT2D eigenvalue weighted by molar-refractivity contribution is 0.136. The Bertz CT molecular complexity index is 311. The minimum Gasteiger partial charge on any atom is -0.389 e. The number of halogens is 1. The van der Waals surface area contributed by atoms with E-state index in [4.69, 9.17) is 0 Å². The highest BCUT2D eigenvalue weighted by atomic mass is 127. The zero-order chi connectivity index (χ0) is 11.0. The molecule has 0 saturated heterocycles. The molecule has 0 radical (unpaired) electrons. The zero-order valence-corrected chi connectivity index (χ0v) is 12.3. The number of benzene rings is 1. The van der Waals surface area contributed by atoms with Crippen LogP contribution in [0.1, 0.15) is 12.5 Å². The second-order valence-corrected chi connectivity index (χ2v) is 11.5. The summed E-state index contributed by atoms with van der Waals surface area (Å²) in [6.07, 6.45) is 0. The summed E-state index contributed by atoms with van der Waals surface area (Å²) in [5, 5.41) is 9.83. The van der Waals surface area contributed by atoms with E-state index in [0.29, 0.717) is 0 Å². The van der Waals surface area contributed by atoms with Crippen molar-refractivity contribution in [1.29, 1.82) is 0 Å². The van der Waals surface area contributed by atoms with Crippen LogP contribution in [-0.4, -0.2) is 13.2 Å². The van der Waals surface area contributed by atoms with Crippen molar-refractivity contribution in [2.24, 2.45) is 0 Å². The van der Waals surface area contributed by atoms with Gasteiger partial charge < -0.3 is 5.11 Å². The van der Waals surface area contributed by atoms with Gasteiger partial charge in [-0.3, -0.25) is 0 Å². The predicted octanol–water partition coefficient (Wildman–Crippen LogP) is 3.38. The van der Waals surface area contributed by atoms with Gasteiger partial charge in [0.1, 0.15) is 0 Å². The number of rotatable bonds is 2. The Kier molecular flexibility index (Phi) is 3.44. The minimum atomic E-state index is -1.59. The van der Waals surface area contributed by atoms with Crippen molar-refractivity contribution in [3.63, 3.8) is 0 Å². The summed E-state index contributed by atoms with van der Waals surface area (Å²) in [7, 11) is -1.59. The molecule has 0 aliphatic rings. The molecule has 78 valence electrons. The zero-order valence-electron chi connectivity index (χ0n) is 9.13. The van der Waals surface area contributed by atoms with Crippen molar-refractivity contribution in [3.05, 3.63) is 33.4 Å².